The standard InChI is InChI=1S/C15H21BrO4/c1-14(2,10-17)20-8-7-15(3,13(18)19)11-5-4-6-12(16)9-11/h4-6,9,17H,7-8,10H2,1-3H3,(H,18,19). The Kier molecular flexibility index (Phi) is 5.74. The van der Waals surface area contributed by atoms with Gasteiger partial charge in [-0.05, 0) is 44.9 Å². The Bertz CT molecular complexity index is 473. The van der Waals surface area contributed by atoms with Gasteiger partial charge in [0.2, 0.25) is 0 Å². The van der Waals surface area contributed by atoms with Crippen LogP contribution in [0.5, 0.6) is 0 Å². The summed E-state index contributed by atoms with van der Waals surface area (Å²) in [4.78, 5) is 11.6. The average Bonchev–Trinajstić information content (AvgIpc) is 2.38. The van der Waals surface area contributed by atoms with Crippen molar-refractivity contribution >= 4 is 21.9 Å². The Morgan fingerprint density at radius 2 is 2.00 bits per heavy atom. The molecular weight excluding hydrogens is 324 g/mol. The smallest absolute Gasteiger partial charge is 0.313 e. The quantitative estimate of drug-likeness (QED) is 0.797. The van der Waals surface area contributed by atoms with E-state index in [1.807, 2.05) is 18.2 Å². The number of benzene rings is 1. The van der Waals surface area contributed by atoms with Gasteiger partial charge in [0.05, 0.1) is 17.6 Å². The number of carbonyl (C=O) groups is 1. The maximum Gasteiger partial charge on any atom is 0.313 e. The summed E-state index contributed by atoms with van der Waals surface area (Å²) in [5.41, 5.74) is -0.948. The lowest BCUT2D eigenvalue weighted by atomic mass is 9.80. The van der Waals surface area contributed by atoms with Crippen LogP contribution in [-0.4, -0.2) is 35.0 Å². The van der Waals surface area contributed by atoms with Crippen LogP contribution in [0, 0.1) is 0 Å². The lowest BCUT2D eigenvalue weighted by Gasteiger charge is -2.28. The van der Waals surface area contributed by atoms with E-state index < -0.39 is 17.0 Å². The summed E-state index contributed by atoms with van der Waals surface area (Å²) in [7, 11) is 0. The normalized spacial score (nSPS) is 14.8. The van der Waals surface area contributed by atoms with Crippen LogP contribution < -0.4 is 0 Å². The monoisotopic (exact) mass is 344 g/mol. The molecule has 0 aromatic heterocycles. The fourth-order valence-corrected chi connectivity index (χ4v) is 2.18. The fourth-order valence-electron chi connectivity index (χ4n) is 1.78. The number of aliphatic hydroxyl groups excluding tert-OH is 1. The fraction of sp³-hybridized carbons (Fsp3) is 0.533. The largest absolute Gasteiger partial charge is 0.481 e. The number of rotatable bonds is 7. The molecule has 2 N–H and O–H groups in total. The van der Waals surface area contributed by atoms with Crippen molar-refractivity contribution in [2.24, 2.45) is 0 Å². The van der Waals surface area contributed by atoms with Crippen LogP contribution >= 0.6 is 15.9 Å². The van der Waals surface area contributed by atoms with Gasteiger partial charge in [-0.1, -0.05) is 28.1 Å². The topological polar surface area (TPSA) is 66.8 Å². The van der Waals surface area contributed by atoms with Crippen molar-refractivity contribution < 1.29 is 19.7 Å². The summed E-state index contributed by atoms with van der Waals surface area (Å²) in [5.74, 6) is -0.888. The summed E-state index contributed by atoms with van der Waals surface area (Å²) in [5, 5.41) is 18.7. The molecule has 1 rings (SSSR count). The molecule has 0 aliphatic rings. The van der Waals surface area contributed by atoms with Crippen molar-refractivity contribution in [2.45, 2.75) is 38.2 Å². The first-order chi connectivity index (χ1) is 9.21. The Morgan fingerprint density at radius 1 is 1.35 bits per heavy atom. The minimum atomic E-state index is -1.02. The zero-order valence-corrected chi connectivity index (χ0v) is 13.6. The van der Waals surface area contributed by atoms with E-state index in [1.165, 1.54) is 0 Å². The van der Waals surface area contributed by atoms with E-state index in [0.29, 0.717) is 6.42 Å². The number of halogens is 1. The minimum Gasteiger partial charge on any atom is -0.481 e. The van der Waals surface area contributed by atoms with Gasteiger partial charge in [0.1, 0.15) is 0 Å². The van der Waals surface area contributed by atoms with Crippen LogP contribution in [0.1, 0.15) is 32.8 Å². The summed E-state index contributed by atoms with van der Waals surface area (Å²) in [6.45, 7) is 5.39. The second-order valence-electron chi connectivity index (χ2n) is 5.66. The first-order valence-electron chi connectivity index (χ1n) is 6.45. The Labute approximate surface area is 127 Å². The highest BCUT2D eigenvalue weighted by Crippen LogP contribution is 2.30. The van der Waals surface area contributed by atoms with Crippen LogP contribution in [0.3, 0.4) is 0 Å². The summed E-state index contributed by atoms with van der Waals surface area (Å²) < 4.78 is 6.40. The van der Waals surface area contributed by atoms with E-state index in [4.69, 9.17) is 9.84 Å². The number of carboxylic acids is 1. The van der Waals surface area contributed by atoms with E-state index in [2.05, 4.69) is 15.9 Å². The number of hydrogen-bond donors (Lipinski definition) is 2. The van der Waals surface area contributed by atoms with Gasteiger partial charge in [0.15, 0.2) is 0 Å². The first-order valence-corrected chi connectivity index (χ1v) is 7.25. The number of aliphatic carboxylic acids is 1. The molecule has 0 aliphatic carbocycles. The molecular formula is C15H21BrO4. The summed E-state index contributed by atoms with van der Waals surface area (Å²) in [6.07, 6.45) is 0.336. The molecule has 0 heterocycles. The van der Waals surface area contributed by atoms with Crippen LogP contribution in [0.25, 0.3) is 0 Å². The molecule has 5 heteroatoms. The van der Waals surface area contributed by atoms with Gasteiger partial charge < -0.3 is 14.9 Å². The molecule has 0 aliphatic heterocycles. The lowest BCUT2D eigenvalue weighted by molar-refractivity contribution is -0.145. The van der Waals surface area contributed by atoms with Gasteiger partial charge in [-0.15, -0.1) is 0 Å². The second kappa shape index (κ2) is 6.70. The molecule has 1 aromatic carbocycles. The van der Waals surface area contributed by atoms with E-state index in [9.17, 15) is 9.90 Å². The highest BCUT2D eigenvalue weighted by molar-refractivity contribution is 9.10. The molecule has 0 saturated carbocycles. The molecule has 0 bridgehead atoms. The molecule has 112 valence electrons. The van der Waals surface area contributed by atoms with E-state index in [1.54, 1.807) is 26.8 Å². The van der Waals surface area contributed by atoms with Crippen LogP contribution in [0.15, 0.2) is 28.7 Å². The van der Waals surface area contributed by atoms with Gasteiger partial charge in [-0.3, -0.25) is 4.79 Å². The molecule has 0 amide bonds. The molecule has 20 heavy (non-hydrogen) atoms. The van der Waals surface area contributed by atoms with Crippen LogP contribution in [0.2, 0.25) is 0 Å². The van der Waals surface area contributed by atoms with Crippen molar-refractivity contribution in [3.8, 4) is 0 Å². The van der Waals surface area contributed by atoms with E-state index in [0.717, 1.165) is 10.0 Å². The number of aliphatic hydroxyl groups is 1. The molecule has 1 aromatic rings. The highest BCUT2D eigenvalue weighted by Gasteiger charge is 2.35. The first kappa shape index (κ1) is 17.1. The maximum atomic E-state index is 11.6. The van der Waals surface area contributed by atoms with Crippen LogP contribution in [-0.2, 0) is 14.9 Å². The molecule has 0 fully saturated rings. The minimum absolute atomic E-state index is 0.104. The SMILES string of the molecule is CC(C)(CO)OCCC(C)(C(=O)O)c1cccc(Br)c1. The van der Waals surface area contributed by atoms with Gasteiger partial charge >= 0.3 is 5.97 Å². The van der Waals surface area contributed by atoms with Gasteiger partial charge in [-0.2, -0.15) is 0 Å². The number of carboxylic acid groups (broad SMARTS) is 1. The average molecular weight is 345 g/mol. The van der Waals surface area contributed by atoms with Crippen LogP contribution in [0.4, 0.5) is 0 Å². The van der Waals surface area contributed by atoms with Crippen molar-refractivity contribution in [1.82, 2.24) is 0 Å². The third kappa shape index (κ3) is 4.30. The zero-order chi connectivity index (χ0) is 15.4. The predicted octanol–water partition coefficient (Wildman–Crippen LogP) is 2.97. The molecule has 1 unspecified atom stereocenters. The van der Waals surface area contributed by atoms with Crippen molar-refractivity contribution in [1.29, 1.82) is 0 Å². The van der Waals surface area contributed by atoms with Gasteiger partial charge in [0.25, 0.3) is 0 Å². The van der Waals surface area contributed by atoms with Gasteiger partial charge in [-0.25, -0.2) is 0 Å². The molecule has 0 saturated heterocycles. The summed E-state index contributed by atoms with van der Waals surface area (Å²) >= 11 is 3.36. The number of ether oxygens (including phenoxy) is 1. The second-order valence-corrected chi connectivity index (χ2v) is 6.58. The predicted molar refractivity (Wildman–Crippen MR) is 80.9 cm³/mol. The van der Waals surface area contributed by atoms with E-state index >= 15 is 0 Å². The summed E-state index contributed by atoms with van der Waals surface area (Å²) in [6, 6.07) is 7.29. The van der Waals surface area contributed by atoms with E-state index in [-0.39, 0.29) is 13.2 Å². The Morgan fingerprint density at radius 3 is 2.50 bits per heavy atom. The maximum absolute atomic E-state index is 11.6. The molecule has 0 spiro atoms. The molecule has 0 radical (unpaired) electrons. The highest BCUT2D eigenvalue weighted by atomic mass is 79.9. The third-order valence-corrected chi connectivity index (χ3v) is 3.90. The Hall–Kier alpha value is -0.910. The third-order valence-electron chi connectivity index (χ3n) is 3.41. The lowest BCUT2D eigenvalue weighted by Crippen LogP contribution is -2.36. The molecule has 1 atom stereocenters. The molecule has 4 nitrogen and oxygen atoms in total. The number of hydrogen-bond acceptors (Lipinski definition) is 3. The Balaban J connectivity index is 2.86. The van der Waals surface area contributed by atoms with Crippen molar-refractivity contribution in [3.05, 3.63) is 34.3 Å². The van der Waals surface area contributed by atoms with Crippen molar-refractivity contribution in [3.63, 3.8) is 0 Å². The van der Waals surface area contributed by atoms with Gasteiger partial charge in [0, 0.05) is 11.1 Å². The van der Waals surface area contributed by atoms with Crippen molar-refractivity contribution in [2.75, 3.05) is 13.2 Å². The zero-order valence-electron chi connectivity index (χ0n) is 12.0.